The number of sulfonamides is 1. The van der Waals surface area contributed by atoms with E-state index in [0.29, 0.717) is 11.8 Å². The average molecular weight is 839 g/mol. The van der Waals surface area contributed by atoms with Crippen molar-refractivity contribution in [2.45, 2.75) is 72.0 Å². The Hall–Kier alpha value is -4.65. The molecule has 0 unspecified atom stereocenters. The van der Waals surface area contributed by atoms with Crippen LogP contribution in [0.1, 0.15) is 12.1 Å². The Morgan fingerprint density at radius 1 is 0.655 bits per heavy atom. The Labute approximate surface area is 296 Å². The van der Waals surface area contributed by atoms with Crippen LogP contribution < -0.4 is 4.31 Å². The molecule has 1 aliphatic heterocycles. The maximum absolute atomic E-state index is 14.5. The van der Waals surface area contributed by atoms with E-state index in [1.807, 2.05) is 0 Å². The highest BCUT2D eigenvalue weighted by Crippen LogP contribution is 2.64. The minimum atomic E-state index is -8.71. The minimum Gasteiger partial charge on any atom is -0.265 e. The van der Waals surface area contributed by atoms with Crippen molar-refractivity contribution in [3.63, 3.8) is 0 Å². The standard InChI is InChI=1S/C29H19F17N6O2S/c1-50-21-19(17-9-5-6-10-18(17)55(50,53)54)48-52(20(21)15-7-3-2-4-8-15)14-16-13-51(49-47-16)12-11-22(30,31)23(32,33)24(34,35)25(36,37)26(38,39)27(40,41)28(42,43)29(44,45)46/h2-10,13H,11-12,14H2,1H3. The molecule has 0 amide bonds. The lowest BCUT2D eigenvalue weighted by atomic mass is 9.88. The van der Waals surface area contributed by atoms with Gasteiger partial charge in [-0.3, -0.25) is 13.7 Å². The quantitative estimate of drug-likeness (QED) is 0.134. The Morgan fingerprint density at radius 2 is 1.16 bits per heavy atom. The van der Waals surface area contributed by atoms with Gasteiger partial charge in [0.1, 0.15) is 17.1 Å². The minimum absolute atomic E-state index is 0.0577. The summed E-state index contributed by atoms with van der Waals surface area (Å²) in [5, 5.41) is 11.3. The molecule has 0 saturated heterocycles. The Kier molecular flexibility index (Phi) is 9.58. The van der Waals surface area contributed by atoms with Crippen LogP contribution in [-0.4, -0.2) is 87.9 Å². The monoisotopic (exact) mass is 838 g/mol. The van der Waals surface area contributed by atoms with Crippen molar-refractivity contribution in [1.29, 1.82) is 0 Å². The van der Waals surface area contributed by atoms with E-state index >= 15 is 0 Å². The van der Waals surface area contributed by atoms with Crippen LogP contribution in [0.25, 0.3) is 22.5 Å². The summed E-state index contributed by atoms with van der Waals surface area (Å²) in [6, 6.07) is 13.6. The van der Waals surface area contributed by atoms with E-state index < -0.39 is 77.2 Å². The third-order valence-electron chi connectivity index (χ3n) is 8.41. The maximum atomic E-state index is 14.5. The zero-order chi connectivity index (χ0) is 41.6. The molecule has 0 atom stereocenters. The van der Waals surface area contributed by atoms with Crippen molar-refractivity contribution < 1.29 is 83.1 Å². The predicted octanol–water partition coefficient (Wildman–Crippen LogP) is 8.39. The molecule has 1 aliphatic rings. The second-order valence-corrected chi connectivity index (χ2v) is 13.8. The Bertz CT molecular complexity index is 2180. The highest BCUT2D eigenvalue weighted by molar-refractivity contribution is 7.93. The van der Waals surface area contributed by atoms with Crippen LogP contribution in [-0.2, 0) is 23.1 Å². The zero-order valence-electron chi connectivity index (χ0n) is 26.7. The van der Waals surface area contributed by atoms with Crippen LogP contribution in [0.15, 0.2) is 65.7 Å². The molecular formula is C29H19F17N6O2S. The number of nitrogens with zero attached hydrogens (tertiary/aromatic N) is 6. The molecule has 5 rings (SSSR count). The van der Waals surface area contributed by atoms with Crippen LogP contribution in [0.5, 0.6) is 0 Å². The van der Waals surface area contributed by atoms with Crippen molar-refractivity contribution in [1.82, 2.24) is 24.8 Å². The fourth-order valence-electron chi connectivity index (χ4n) is 5.37. The second kappa shape index (κ2) is 12.7. The number of hydrogen-bond donors (Lipinski definition) is 0. The van der Waals surface area contributed by atoms with Gasteiger partial charge < -0.3 is 0 Å². The molecule has 0 bridgehead atoms. The molecule has 2 aromatic carbocycles. The van der Waals surface area contributed by atoms with E-state index in [1.165, 1.54) is 36.0 Å². The number of alkyl halides is 17. The first-order valence-corrected chi connectivity index (χ1v) is 16.2. The summed E-state index contributed by atoms with van der Waals surface area (Å²) < 4.78 is 261. The number of fused-ring (bicyclic) bond motifs is 3. The summed E-state index contributed by atoms with van der Waals surface area (Å²) in [6.45, 7) is -2.19. The van der Waals surface area contributed by atoms with Gasteiger partial charge in [-0.1, -0.05) is 53.7 Å². The fraction of sp³-hybridized carbons (Fsp3) is 0.414. The van der Waals surface area contributed by atoms with Crippen LogP contribution in [0, 0.1) is 0 Å². The highest BCUT2D eigenvalue weighted by atomic mass is 32.2. The molecule has 0 N–H and O–H groups in total. The molecule has 0 spiro atoms. The van der Waals surface area contributed by atoms with Gasteiger partial charge in [-0.2, -0.15) is 79.7 Å². The van der Waals surface area contributed by atoms with Gasteiger partial charge >= 0.3 is 47.6 Å². The van der Waals surface area contributed by atoms with Crippen LogP contribution in [0.4, 0.5) is 80.3 Å². The first kappa shape index (κ1) is 41.5. The topological polar surface area (TPSA) is 85.9 Å². The number of halogens is 17. The molecular weight excluding hydrogens is 819 g/mol. The predicted molar refractivity (Wildman–Crippen MR) is 153 cm³/mol. The van der Waals surface area contributed by atoms with Crippen molar-refractivity contribution in [3.8, 4) is 22.5 Å². The molecule has 55 heavy (non-hydrogen) atoms. The molecule has 0 saturated carbocycles. The van der Waals surface area contributed by atoms with Crippen molar-refractivity contribution >= 4 is 15.7 Å². The number of aryl methyl sites for hydroxylation is 1. The van der Waals surface area contributed by atoms with Gasteiger partial charge in [0.2, 0.25) is 0 Å². The summed E-state index contributed by atoms with van der Waals surface area (Å²) in [7, 11) is -2.92. The van der Waals surface area contributed by atoms with Crippen LogP contribution in [0.3, 0.4) is 0 Å². The van der Waals surface area contributed by atoms with E-state index in [4.69, 9.17) is 0 Å². The van der Waals surface area contributed by atoms with Crippen molar-refractivity contribution in [2.75, 3.05) is 11.4 Å². The summed E-state index contributed by atoms with van der Waals surface area (Å²) >= 11 is 0. The maximum Gasteiger partial charge on any atom is 0.460 e. The van der Waals surface area contributed by atoms with Gasteiger partial charge in [-0.15, -0.1) is 5.10 Å². The molecule has 0 aliphatic carbocycles. The molecule has 2 aromatic heterocycles. The van der Waals surface area contributed by atoms with E-state index in [-0.39, 0.29) is 37.9 Å². The van der Waals surface area contributed by atoms with Gasteiger partial charge in [-0.05, 0) is 6.07 Å². The first-order valence-electron chi connectivity index (χ1n) is 14.7. The second-order valence-electron chi connectivity index (χ2n) is 11.9. The smallest absolute Gasteiger partial charge is 0.265 e. The number of hydrogen-bond acceptors (Lipinski definition) is 5. The molecule has 8 nitrogen and oxygen atoms in total. The van der Waals surface area contributed by atoms with Crippen LogP contribution in [0.2, 0.25) is 0 Å². The number of anilines is 1. The largest absolute Gasteiger partial charge is 0.460 e. The number of aromatic nitrogens is 5. The summed E-state index contributed by atoms with van der Waals surface area (Å²) in [4.78, 5) is -0.127. The molecule has 26 heteroatoms. The molecule has 0 fully saturated rings. The SMILES string of the molecule is CN1c2c(nn(Cc3cn(CCC(F)(F)C(F)(F)C(F)(F)C(F)(F)C(F)(F)C(F)(F)C(F)(F)C(F)(F)F)nn3)c2-c2ccccc2)-c2ccccc2S1(=O)=O. The van der Waals surface area contributed by atoms with E-state index in [0.717, 1.165) is 4.31 Å². The molecule has 4 aromatic rings. The first-order chi connectivity index (χ1) is 24.9. The highest BCUT2D eigenvalue weighted by Gasteiger charge is 2.95. The van der Waals surface area contributed by atoms with Gasteiger partial charge in [-0.25, -0.2) is 8.42 Å². The third-order valence-corrected chi connectivity index (χ3v) is 10.2. The van der Waals surface area contributed by atoms with Gasteiger partial charge in [0.05, 0.1) is 23.3 Å². The average Bonchev–Trinajstić information content (AvgIpc) is 3.70. The summed E-state index contributed by atoms with van der Waals surface area (Å²) in [5.74, 6) is -57.0. The number of benzene rings is 2. The van der Waals surface area contributed by atoms with Gasteiger partial charge in [0.15, 0.2) is 0 Å². The Morgan fingerprint density at radius 3 is 1.73 bits per heavy atom. The van der Waals surface area contributed by atoms with Crippen molar-refractivity contribution in [2.24, 2.45) is 0 Å². The normalized spacial score (nSPS) is 15.9. The molecule has 3 heterocycles. The lowest BCUT2D eigenvalue weighted by Gasteiger charge is -2.42. The third kappa shape index (κ3) is 5.95. The summed E-state index contributed by atoms with van der Waals surface area (Å²) in [6.07, 6.45) is -9.88. The zero-order valence-corrected chi connectivity index (χ0v) is 27.5. The van der Waals surface area contributed by atoms with E-state index in [1.54, 1.807) is 30.3 Å². The van der Waals surface area contributed by atoms with Crippen molar-refractivity contribution in [3.05, 3.63) is 66.5 Å². The lowest BCUT2D eigenvalue weighted by Crippen LogP contribution is -2.74. The molecule has 0 radical (unpaired) electrons. The van der Waals surface area contributed by atoms with Crippen LogP contribution >= 0.6 is 0 Å². The fourth-order valence-corrected chi connectivity index (χ4v) is 6.77. The van der Waals surface area contributed by atoms with E-state index in [9.17, 15) is 83.1 Å². The molecule has 302 valence electrons. The lowest BCUT2D eigenvalue weighted by molar-refractivity contribution is -0.461. The van der Waals surface area contributed by atoms with Gasteiger partial charge in [0, 0.05) is 31.1 Å². The number of rotatable bonds is 12. The summed E-state index contributed by atoms with van der Waals surface area (Å²) in [5.41, 5.74) is 0.573. The Balaban J connectivity index is 1.43. The van der Waals surface area contributed by atoms with Gasteiger partial charge in [0.25, 0.3) is 10.0 Å². The van der Waals surface area contributed by atoms with E-state index in [2.05, 4.69) is 15.4 Å².